The first kappa shape index (κ1) is 30.8. The molecule has 3 amide bonds. The second kappa shape index (κ2) is 13.5. The number of quaternary nitrogens is 1. The molecular formula is C24H30FN7O6S2. The van der Waals surface area contributed by atoms with E-state index in [1.165, 1.54) is 23.2 Å². The van der Waals surface area contributed by atoms with Gasteiger partial charge in [0.05, 0.1) is 38.3 Å². The van der Waals surface area contributed by atoms with Gasteiger partial charge in [0, 0.05) is 17.2 Å². The molecular weight excluding hydrogens is 565 g/mol. The summed E-state index contributed by atoms with van der Waals surface area (Å²) in [5.41, 5.74) is 10.7. The van der Waals surface area contributed by atoms with Crippen LogP contribution < -0.4 is 21.9 Å². The minimum absolute atomic E-state index is 0.0872. The Morgan fingerprint density at radius 1 is 1.38 bits per heavy atom. The lowest BCUT2D eigenvalue weighted by Crippen LogP contribution is -2.71. The van der Waals surface area contributed by atoms with Crippen LogP contribution in [0.15, 0.2) is 46.1 Å². The summed E-state index contributed by atoms with van der Waals surface area (Å²) in [6, 6.07) is -1.04. The minimum atomic E-state index is -1.51. The number of nitrogens with zero attached hydrogens (tertiary/aromatic N) is 4. The highest BCUT2D eigenvalue weighted by Gasteiger charge is 2.53. The number of anilines is 1. The lowest BCUT2D eigenvalue weighted by molar-refractivity contribution is -0.896. The maximum absolute atomic E-state index is 13.0. The third-order valence-electron chi connectivity index (χ3n) is 6.24. The smallest absolute Gasteiger partial charge is 0.276 e. The number of likely N-dealkylation sites (N-methyl/N-ethyl adjacent to an activating group) is 1. The van der Waals surface area contributed by atoms with E-state index in [-0.39, 0.29) is 34.6 Å². The van der Waals surface area contributed by atoms with E-state index in [0.29, 0.717) is 23.1 Å². The molecule has 0 spiro atoms. The topological polar surface area (TPSA) is 193 Å². The van der Waals surface area contributed by atoms with Crippen LogP contribution in [-0.4, -0.2) is 101 Å². The van der Waals surface area contributed by atoms with Crippen molar-refractivity contribution in [2.75, 3.05) is 51.4 Å². The molecule has 0 saturated carbocycles. The molecule has 2 aliphatic rings. The number of carbonyl (C=O) groups excluding carboxylic acids is 4. The van der Waals surface area contributed by atoms with E-state index >= 15 is 0 Å². The predicted molar refractivity (Wildman–Crippen MR) is 146 cm³/mol. The van der Waals surface area contributed by atoms with Crippen molar-refractivity contribution in [1.82, 2.24) is 15.2 Å². The summed E-state index contributed by atoms with van der Waals surface area (Å²) in [5.74, 6) is -3.25. The van der Waals surface area contributed by atoms with E-state index < -0.39 is 41.8 Å². The van der Waals surface area contributed by atoms with Gasteiger partial charge < -0.3 is 36.0 Å². The van der Waals surface area contributed by atoms with Gasteiger partial charge in [0.15, 0.2) is 10.8 Å². The monoisotopic (exact) mass is 595 g/mol. The van der Waals surface area contributed by atoms with Crippen molar-refractivity contribution in [1.29, 1.82) is 0 Å². The number of amides is 3. The Balaban J connectivity index is 1.74. The summed E-state index contributed by atoms with van der Waals surface area (Å²) < 4.78 is 13.0. The highest BCUT2D eigenvalue weighted by atomic mass is 32.2. The summed E-state index contributed by atoms with van der Waals surface area (Å²) in [6.45, 7) is 2.57. The number of β-lactam (4-membered cyclic amide) rings is 1. The highest BCUT2D eigenvalue weighted by molar-refractivity contribution is 8.00. The first-order chi connectivity index (χ1) is 19.0. The van der Waals surface area contributed by atoms with Gasteiger partial charge in [0.2, 0.25) is 5.91 Å². The molecule has 2 aliphatic heterocycles. The Morgan fingerprint density at radius 3 is 2.70 bits per heavy atom. The van der Waals surface area contributed by atoms with Crippen LogP contribution in [0.4, 0.5) is 9.52 Å². The number of aliphatic carboxylic acids is 1. The number of nitrogens with two attached hydrogens (primary N) is 2. The summed E-state index contributed by atoms with van der Waals surface area (Å²) >= 11 is 2.33. The fraction of sp³-hybridized carbons (Fsp3) is 0.417. The number of primary amides is 1. The molecule has 1 saturated heterocycles. The second-order valence-corrected chi connectivity index (χ2v) is 11.1. The molecule has 3 atom stereocenters. The van der Waals surface area contributed by atoms with Crippen molar-refractivity contribution in [3.05, 3.63) is 46.6 Å². The van der Waals surface area contributed by atoms with Gasteiger partial charge in [-0.1, -0.05) is 11.2 Å². The number of carboxylic acid groups (broad SMARTS) is 1. The number of carbonyl (C=O) groups is 4. The molecule has 0 bridgehead atoms. The normalized spacial score (nSPS) is 20.8. The number of fused-ring (bicyclic) bond motifs is 1. The Labute approximate surface area is 238 Å². The number of alkyl halides is 1. The van der Waals surface area contributed by atoms with Gasteiger partial charge >= 0.3 is 0 Å². The van der Waals surface area contributed by atoms with Crippen LogP contribution in [-0.2, 0) is 24.0 Å². The van der Waals surface area contributed by atoms with Crippen LogP contribution in [0.5, 0.6) is 0 Å². The standard InChI is InChI=1S/C24H30FN7O6S2/c1-3-32(2,10-5-7-16(26)33)9-4-6-14-12-39-22-18(21(35)31(22)19(14)23(36)37)29-20(34)17(30-38-11-8-25)15-13-40-24(27)28-15/h4-7,13,18,22H,3,8-12H2,1-2H3,(H5-,26,27,28,29,33,34,36,37)/b6-4+,7-5+,30-17-/t18-,22-,32?/m1/s1. The number of nitrogens with one attached hydrogen (secondary N) is 1. The molecule has 0 radical (unpaired) electrons. The number of allylic oxidation sites excluding steroid dienone is 1. The lowest BCUT2D eigenvalue weighted by Gasteiger charge is -2.50. The van der Waals surface area contributed by atoms with Crippen molar-refractivity contribution in [2.24, 2.45) is 10.9 Å². The highest BCUT2D eigenvalue weighted by Crippen LogP contribution is 2.40. The summed E-state index contributed by atoms with van der Waals surface area (Å²) in [6.07, 6.45) is 6.45. The third kappa shape index (κ3) is 7.25. The van der Waals surface area contributed by atoms with E-state index in [1.807, 2.05) is 20.0 Å². The van der Waals surface area contributed by atoms with E-state index in [1.54, 1.807) is 12.2 Å². The number of nitrogen functional groups attached to an aromatic ring is 1. The number of oxime groups is 1. The molecule has 0 aliphatic carbocycles. The number of carboxylic acids is 1. The van der Waals surface area contributed by atoms with E-state index in [0.717, 1.165) is 22.8 Å². The van der Waals surface area contributed by atoms with E-state index in [2.05, 4.69) is 15.5 Å². The van der Waals surface area contributed by atoms with Gasteiger partial charge in [-0.25, -0.2) is 9.37 Å². The molecule has 3 rings (SSSR count). The Bertz CT molecular complexity index is 1280. The van der Waals surface area contributed by atoms with Gasteiger partial charge in [-0.2, -0.15) is 0 Å². The molecule has 0 aromatic carbocycles. The summed E-state index contributed by atoms with van der Waals surface area (Å²) in [7, 11) is 1.97. The molecule has 1 unspecified atom stereocenters. The number of thioether (sulfide) groups is 1. The van der Waals surface area contributed by atoms with Gasteiger partial charge in [-0.05, 0) is 24.6 Å². The van der Waals surface area contributed by atoms with Crippen LogP contribution in [0.1, 0.15) is 12.6 Å². The molecule has 16 heteroatoms. The lowest BCUT2D eigenvalue weighted by atomic mass is 10.0. The largest absolute Gasteiger partial charge is 0.543 e. The predicted octanol–water partition coefficient (Wildman–Crippen LogP) is -1.12. The number of hydrogen-bond acceptors (Lipinski definition) is 11. The Morgan fingerprint density at radius 2 is 2.10 bits per heavy atom. The molecule has 1 fully saturated rings. The Kier molecular flexibility index (Phi) is 10.4. The summed E-state index contributed by atoms with van der Waals surface area (Å²) in [4.78, 5) is 58.9. The number of rotatable bonds is 14. The number of hydrogen-bond donors (Lipinski definition) is 3. The minimum Gasteiger partial charge on any atom is -0.543 e. The van der Waals surface area contributed by atoms with Crippen molar-refractivity contribution < 1.29 is 38.0 Å². The number of aromatic nitrogens is 1. The fourth-order valence-electron chi connectivity index (χ4n) is 3.92. The zero-order valence-corrected chi connectivity index (χ0v) is 23.5. The van der Waals surface area contributed by atoms with Crippen molar-refractivity contribution in [3.63, 3.8) is 0 Å². The zero-order valence-electron chi connectivity index (χ0n) is 21.9. The maximum atomic E-state index is 13.0. The SMILES string of the molecule is CC[N+](C)(C/C=C/C(N)=O)C/C=C/C1=C(C(=O)[O-])N2C(=O)[C@@H](NC(=O)/C(=N\OCCF)c3csc(N)n3)[C@H]2SC1. The molecule has 13 nitrogen and oxygen atoms in total. The zero-order chi connectivity index (χ0) is 29.4. The third-order valence-corrected chi connectivity index (χ3v) is 8.21. The number of thiazole rings is 1. The van der Waals surface area contributed by atoms with Gasteiger partial charge in [-0.15, -0.1) is 23.1 Å². The summed E-state index contributed by atoms with van der Waals surface area (Å²) in [5, 5.41) is 19.2. The van der Waals surface area contributed by atoms with Crippen LogP contribution in [0.3, 0.4) is 0 Å². The molecule has 216 valence electrons. The first-order valence-corrected chi connectivity index (χ1v) is 14.1. The number of halogens is 1. The molecule has 40 heavy (non-hydrogen) atoms. The maximum Gasteiger partial charge on any atom is 0.276 e. The van der Waals surface area contributed by atoms with Crippen LogP contribution in [0.2, 0.25) is 0 Å². The quantitative estimate of drug-likeness (QED) is 0.0597. The molecule has 1 aromatic rings. The van der Waals surface area contributed by atoms with Crippen molar-refractivity contribution in [3.8, 4) is 0 Å². The van der Waals surface area contributed by atoms with E-state index in [9.17, 15) is 28.7 Å². The van der Waals surface area contributed by atoms with Crippen LogP contribution >= 0.6 is 23.1 Å². The molecule has 5 N–H and O–H groups in total. The molecule has 3 heterocycles. The first-order valence-electron chi connectivity index (χ1n) is 12.1. The average molecular weight is 596 g/mol. The molecule has 1 aromatic heterocycles. The van der Waals surface area contributed by atoms with Crippen molar-refractivity contribution >= 4 is 57.6 Å². The average Bonchev–Trinajstić information content (AvgIpc) is 3.34. The van der Waals surface area contributed by atoms with Gasteiger partial charge in [0.1, 0.15) is 30.4 Å². The van der Waals surface area contributed by atoms with Crippen LogP contribution in [0.25, 0.3) is 0 Å². The Hall–Kier alpha value is -3.76. The van der Waals surface area contributed by atoms with Crippen LogP contribution in [0, 0.1) is 0 Å². The van der Waals surface area contributed by atoms with Gasteiger partial charge in [0.25, 0.3) is 11.8 Å². The fourth-order valence-corrected chi connectivity index (χ4v) is 5.79. The van der Waals surface area contributed by atoms with Crippen molar-refractivity contribution in [2.45, 2.75) is 18.3 Å². The second-order valence-electron chi connectivity index (χ2n) is 9.06. The van der Waals surface area contributed by atoms with Gasteiger partial charge in [-0.3, -0.25) is 19.3 Å². The van der Waals surface area contributed by atoms with E-state index in [4.69, 9.17) is 16.3 Å².